The average molecular weight is 407 g/mol. The zero-order valence-electron chi connectivity index (χ0n) is 6.60. The molecule has 0 saturated carbocycles. The third-order valence-corrected chi connectivity index (χ3v) is 3.28. The number of halogens is 3. The van der Waals surface area contributed by atoms with Crippen molar-refractivity contribution in [3.8, 4) is 5.75 Å². The van der Waals surface area contributed by atoms with Crippen molar-refractivity contribution in [1.82, 2.24) is 0 Å². The van der Waals surface area contributed by atoms with Gasteiger partial charge in [0.05, 0.1) is 13.2 Å². The van der Waals surface area contributed by atoms with Crippen LogP contribution >= 0.6 is 45.2 Å². The van der Waals surface area contributed by atoms with Crippen molar-refractivity contribution in [2.45, 2.75) is 6.04 Å². The van der Waals surface area contributed by atoms with Crippen LogP contribution in [0.4, 0.5) is 4.39 Å². The number of hydrogen-bond donors (Lipinski definition) is 2. The molecule has 13 heavy (non-hydrogen) atoms. The first-order valence-corrected chi connectivity index (χ1v) is 5.71. The maximum absolute atomic E-state index is 12.2. The van der Waals surface area contributed by atoms with Gasteiger partial charge in [-0.15, -0.1) is 0 Å². The molecule has 0 radical (unpaired) electrons. The summed E-state index contributed by atoms with van der Waals surface area (Å²) < 4.78 is 13.6. The number of phenolic OH excluding ortho intramolecular Hbond substituents is 1. The molecule has 1 aromatic carbocycles. The van der Waals surface area contributed by atoms with E-state index in [1.807, 2.05) is 45.2 Å². The molecule has 0 unspecified atom stereocenters. The maximum Gasteiger partial charge on any atom is 0.142 e. The van der Waals surface area contributed by atoms with Crippen LogP contribution in [0.2, 0.25) is 0 Å². The summed E-state index contributed by atoms with van der Waals surface area (Å²) in [6, 6.07) is 2.80. The second-order valence-electron chi connectivity index (χ2n) is 2.59. The molecule has 0 bridgehead atoms. The number of aromatic hydroxyl groups is 1. The van der Waals surface area contributed by atoms with E-state index in [9.17, 15) is 9.50 Å². The van der Waals surface area contributed by atoms with Crippen LogP contribution in [0.5, 0.6) is 5.75 Å². The summed E-state index contributed by atoms with van der Waals surface area (Å²) in [5.74, 6) is 0.232. The van der Waals surface area contributed by atoms with Crippen molar-refractivity contribution in [2.75, 3.05) is 6.67 Å². The molecule has 72 valence electrons. The van der Waals surface area contributed by atoms with Crippen LogP contribution < -0.4 is 5.73 Å². The predicted molar refractivity (Wildman–Crippen MR) is 66.4 cm³/mol. The molecule has 1 atom stereocenters. The summed E-state index contributed by atoms with van der Waals surface area (Å²) in [6.07, 6.45) is 0. The predicted octanol–water partition coefficient (Wildman–Crippen LogP) is 2.57. The lowest BCUT2D eigenvalue weighted by atomic mass is 10.1. The lowest BCUT2D eigenvalue weighted by Crippen LogP contribution is -2.12. The first-order chi connectivity index (χ1) is 6.06. The molecule has 0 fully saturated rings. The third-order valence-electron chi connectivity index (χ3n) is 1.63. The van der Waals surface area contributed by atoms with Crippen molar-refractivity contribution in [3.63, 3.8) is 0 Å². The molecule has 0 aliphatic heterocycles. The monoisotopic (exact) mass is 407 g/mol. The van der Waals surface area contributed by atoms with Crippen molar-refractivity contribution < 1.29 is 9.50 Å². The van der Waals surface area contributed by atoms with Gasteiger partial charge in [0.15, 0.2) is 0 Å². The minimum atomic E-state index is -0.595. The van der Waals surface area contributed by atoms with E-state index in [2.05, 4.69) is 0 Å². The highest BCUT2D eigenvalue weighted by atomic mass is 127. The Morgan fingerprint density at radius 2 is 1.85 bits per heavy atom. The smallest absolute Gasteiger partial charge is 0.142 e. The van der Waals surface area contributed by atoms with E-state index in [0.29, 0.717) is 12.7 Å². The lowest BCUT2D eigenvalue weighted by Gasteiger charge is -2.09. The molecule has 5 heteroatoms. The summed E-state index contributed by atoms with van der Waals surface area (Å²) in [5.41, 5.74) is 6.24. The normalized spacial score (nSPS) is 12.9. The van der Waals surface area contributed by atoms with Gasteiger partial charge in [-0.3, -0.25) is 0 Å². The fraction of sp³-hybridized carbons (Fsp3) is 0.250. The summed E-state index contributed by atoms with van der Waals surface area (Å²) in [7, 11) is 0. The van der Waals surface area contributed by atoms with Crippen LogP contribution in [-0.4, -0.2) is 11.8 Å². The Kier molecular flexibility index (Phi) is 4.17. The highest BCUT2D eigenvalue weighted by Gasteiger charge is 2.10. The number of phenols is 1. The Morgan fingerprint density at radius 1 is 1.38 bits per heavy atom. The van der Waals surface area contributed by atoms with Gasteiger partial charge in [-0.2, -0.15) is 0 Å². The van der Waals surface area contributed by atoms with Gasteiger partial charge in [-0.25, -0.2) is 4.39 Å². The first kappa shape index (κ1) is 11.4. The van der Waals surface area contributed by atoms with E-state index in [0.717, 1.165) is 0 Å². The Balaban J connectivity index is 3.13. The molecule has 0 aromatic heterocycles. The second kappa shape index (κ2) is 4.74. The van der Waals surface area contributed by atoms with Crippen LogP contribution in [0.25, 0.3) is 0 Å². The minimum absolute atomic E-state index is 0.232. The number of nitrogens with two attached hydrogens (primary N) is 1. The van der Waals surface area contributed by atoms with Crippen molar-refractivity contribution in [2.24, 2.45) is 5.73 Å². The summed E-state index contributed by atoms with van der Waals surface area (Å²) in [4.78, 5) is 0. The molecule has 3 N–H and O–H groups in total. The highest BCUT2D eigenvalue weighted by molar-refractivity contribution is 14.1. The van der Waals surface area contributed by atoms with E-state index in [-0.39, 0.29) is 5.75 Å². The number of benzene rings is 1. The SMILES string of the molecule is N[C@H](CF)c1cc(I)c(O)c(I)c1. The van der Waals surface area contributed by atoms with E-state index >= 15 is 0 Å². The van der Waals surface area contributed by atoms with Crippen LogP contribution in [0.15, 0.2) is 12.1 Å². The molecular weight excluding hydrogens is 399 g/mol. The molecule has 1 aromatic rings. The maximum atomic E-state index is 12.2. The average Bonchev–Trinajstić information content (AvgIpc) is 2.12. The van der Waals surface area contributed by atoms with Gasteiger partial charge in [0.25, 0.3) is 0 Å². The topological polar surface area (TPSA) is 46.2 Å². The van der Waals surface area contributed by atoms with E-state index in [1.165, 1.54) is 0 Å². The summed E-state index contributed by atoms with van der Waals surface area (Å²) >= 11 is 3.98. The molecule has 0 spiro atoms. The van der Waals surface area contributed by atoms with Crippen LogP contribution in [0.3, 0.4) is 0 Å². The van der Waals surface area contributed by atoms with Gasteiger partial charge in [-0.05, 0) is 62.9 Å². The molecule has 0 heterocycles. The number of alkyl halides is 1. The van der Waals surface area contributed by atoms with Crippen LogP contribution in [-0.2, 0) is 0 Å². The highest BCUT2D eigenvalue weighted by Crippen LogP contribution is 2.29. The lowest BCUT2D eigenvalue weighted by molar-refractivity contribution is 0.435. The van der Waals surface area contributed by atoms with Gasteiger partial charge in [0, 0.05) is 0 Å². The van der Waals surface area contributed by atoms with Crippen LogP contribution in [0, 0.1) is 7.14 Å². The van der Waals surface area contributed by atoms with Crippen LogP contribution in [0.1, 0.15) is 11.6 Å². The van der Waals surface area contributed by atoms with E-state index in [4.69, 9.17) is 5.73 Å². The van der Waals surface area contributed by atoms with Crippen molar-refractivity contribution >= 4 is 45.2 Å². The summed E-state index contributed by atoms with van der Waals surface area (Å²) in [6.45, 7) is -0.586. The Labute approximate surface area is 103 Å². The molecule has 0 aliphatic carbocycles. The zero-order chi connectivity index (χ0) is 10.0. The molecule has 0 saturated heterocycles. The number of rotatable bonds is 2. The van der Waals surface area contributed by atoms with Gasteiger partial charge < -0.3 is 10.8 Å². The second-order valence-corrected chi connectivity index (χ2v) is 4.92. The fourth-order valence-electron chi connectivity index (χ4n) is 0.888. The quantitative estimate of drug-likeness (QED) is 0.741. The summed E-state index contributed by atoms with van der Waals surface area (Å²) in [5, 5.41) is 9.44. The van der Waals surface area contributed by atoms with Crippen molar-refractivity contribution in [3.05, 3.63) is 24.8 Å². The molecule has 2 nitrogen and oxygen atoms in total. The van der Waals surface area contributed by atoms with E-state index in [1.54, 1.807) is 12.1 Å². The van der Waals surface area contributed by atoms with Gasteiger partial charge in [-0.1, -0.05) is 0 Å². The minimum Gasteiger partial charge on any atom is -0.506 e. The third kappa shape index (κ3) is 2.66. The van der Waals surface area contributed by atoms with E-state index < -0.39 is 12.7 Å². The molecule has 0 aliphatic rings. The number of hydrogen-bond acceptors (Lipinski definition) is 2. The van der Waals surface area contributed by atoms with Crippen molar-refractivity contribution in [1.29, 1.82) is 0 Å². The first-order valence-electron chi connectivity index (χ1n) is 3.55. The molecule has 1 rings (SSSR count). The Hall–Kier alpha value is 0.370. The Morgan fingerprint density at radius 3 is 2.23 bits per heavy atom. The van der Waals surface area contributed by atoms with Gasteiger partial charge in [0.2, 0.25) is 0 Å². The van der Waals surface area contributed by atoms with Gasteiger partial charge >= 0.3 is 0 Å². The Bertz CT molecular complexity index is 296. The standard InChI is InChI=1S/C8H8FI2NO/c9-3-7(12)4-1-5(10)8(13)6(11)2-4/h1-2,7,13H,3,12H2/t7-/m1/s1. The van der Waals surface area contributed by atoms with Gasteiger partial charge in [0.1, 0.15) is 12.4 Å². The fourth-order valence-corrected chi connectivity index (χ4v) is 2.70. The largest absolute Gasteiger partial charge is 0.506 e. The zero-order valence-corrected chi connectivity index (χ0v) is 10.9. The molecule has 0 amide bonds. The molecular formula is C8H8FI2NO.